The van der Waals surface area contributed by atoms with Gasteiger partial charge in [-0.15, -0.1) is 0 Å². The SMILES string of the molecule is Cc1ccccc1-c1noc(CNC(=O)C2CC2)n1. The zero-order valence-electron chi connectivity index (χ0n) is 10.7. The molecule has 1 aromatic heterocycles. The molecule has 1 amide bonds. The summed E-state index contributed by atoms with van der Waals surface area (Å²) in [6, 6.07) is 7.86. The molecule has 1 heterocycles. The molecule has 2 aromatic rings. The fourth-order valence-electron chi connectivity index (χ4n) is 1.91. The molecule has 0 bridgehead atoms. The molecule has 1 aliphatic rings. The number of benzene rings is 1. The monoisotopic (exact) mass is 257 g/mol. The molecule has 5 nitrogen and oxygen atoms in total. The fourth-order valence-corrected chi connectivity index (χ4v) is 1.91. The Morgan fingerprint density at radius 3 is 2.95 bits per heavy atom. The second kappa shape index (κ2) is 4.84. The summed E-state index contributed by atoms with van der Waals surface area (Å²) < 4.78 is 5.15. The number of nitrogens with zero attached hydrogens (tertiary/aromatic N) is 2. The molecule has 19 heavy (non-hydrogen) atoms. The van der Waals surface area contributed by atoms with Crippen molar-refractivity contribution in [1.82, 2.24) is 15.5 Å². The summed E-state index contributed by atoms with van der Waals surface area (Å²) in [6.07, 6.45) is 1.98. The van der Waals surface area contributed by atoms with Crippen LogP contribution in [0.25, 0.3) is 11.4 Å². The first-order valence-electron chi connectivity index (χ1n) is 6.40. The molecular weight excluding hydrogens is 242 g/mol. The Hall–Kier alpha value is -2.17. The topological polar surface area (TPSA) is 68.0 Å². The molecule has 1 aliphatic carbocycles. The lowest BCUT2D eigenvalue weighted by Gasteiger charge is -1.99. The number of amides is 1. The third-order valence-electron chi connectivity index (χ3n) is 3.22. The van der Waals surface area contributed by atoms with E-state index < -0.39 is 0 Å². The molecule has 1 fully saturated rings. The first kappa shape index (κ1) is 11.9. The van der Waals surface area contributed by atoms with Gasteiger partial charge in [-0.05, 0) is 25.3 Å². The average molecular weight is 257 g/mol. The number of carbonyl (C=O) groups excluding carboxylic acids is 1. The Bertz CT molecular complexity index is 602. The Kier molecular flexibility index (Phi) is 3.03. The van der Waals surface area contributed by atoms with Crippen LogP contribution in [0.5, 0.6) is 0 Å². The zero-order valence-corrected chi connectivity index (χ0v) is 10.7. The van der Waals surface area contributed by atoms with Crippen molar-refractivity contribution in [3.8, 4) is 11.4 Å². The molecule has 5 heteroatoms. The highest BCUT2D eigenvalue weighted by Crippen LogP contribution is 2.28. The van der Waals surface area contributed by atoms with Gasteiger partial charge < -0.3 is 9.84 Å². The van der Waals surface area contributed by atoms with E-state index in [2.05, 4.69) is 15.5 Å². The van der Waals surface area contributed by atoms with Crippen LogP contribution in [0.4, 0.5) is 0 Å². The Morgan fingerprint density at radius 2 is 2.21 bits per heavy atom. The van der Waals surface area contributed by atoms with Gasteiger partial charge in [-0.3, -0.25) is 4.79 Å². The summed E-state index contributed by atoms with van der Waals surface area (Å²) in [6.45, 7) is 2.30. The fraction of sp³-hybridized carbons (Fsp3) is 0.357. The maximum Gasteiger partial charge on any atom is 0.246 e. The molecule has 0 radical (unpaired) electrons. The largest absolute Gasteiger partial charge is 0.347 e. The van der Waals surface area contributed by atoms with Gasteiger partial charge in [0.1, 0.15) is 0 Å². The number of rotatable bonds is 4. The first-order valence-corrected chi connectivity index (χ1v) is 6.40. The van der Waals surface area contributed by atoms with Gasteiger partial charge in [-0.2, -0.15) is 4.98 Å². The molecule has 0 unspecified atom stereocenters. The molecule has 3 rings (SSSR count). The lowest BCUT2D eigenvalue weighted by Crippen LogP contribution is -2.24. The minimum absolute atomic E-state index is 0.0793. The predicted molar refractivity (Wildman–Crippen MR) is 69.0 cm³/mol. The van der Waals surface area contributed by atoms with Gasteiger partial charge in [0.25, 0.3) is 0 Å². The maximum atomic E-state index is 11.5. The van der Waals surface area contributed by atoms with Gasteiger partial charge in [0.05, 0.1) is 6.54 Å². The predicted octanol–water partition coefficient (Wildman–Crippen LogP) is 2.07. The van der Waals surface area contributed by atoms with Crippen LogP contribution >= 0.6 is 0 Å². The van der Waals surface area contributed by atoms with Crippen LogP contribution in [0.2, 0.25) is 0 Å². The third-order valence-corrected chi connectivity index (χ3v) is 3.22. The van der Waals surface area contributed by atoms with Gasteiger partial charge in [0.15, 0.2) is 0 Å². The van der Waals surface area contributed by atoms with Crippen molar-refractivity contribution in [2.45, 2.75) is 26.3 Å². The van der Waals surface area contributed by atoms with Crippen LogP contribution in [0, 0.1) is 12.8 Å². The van der Waals surface area contributed by atoms with E-state index in [1.165, 1.54) is 0 Å². The molecule has 1 aromatic carbocycles. The van der Waals surface area contributed by atoms with Crippen molar-refractivity contribution in [2.24, 2.45) is 5.92 Å². The van der Waals surface area contributed by atoms with Crippen LogP contribution in [0.3, 0.4) is 0 Å². The van der Waals surface area contributed by atoms with Gasteiger partial charge in [0.2, 0.25) is 17.6 Å². The van der Waals surface area contributed by atoms with E-state index in [0.29, 0.717) is 18.3 Å². The van der Waals surface area contributed by atoms with Crippen molar-refractivity contribution in [3.05, 3.63) is 35.7 Å². The molecule has 98 valence electrons. The average Bonchev–Trinajstić information content (AvgIpc) is 3.16. The second-order valence-electron chi connectivity index (χ2n) is 4.82. The van der Waals surface area contributed by atoms with Crippen molar-refractivity contribution < 1.29 is 9.32 Å². The number of carbonyl (C=O) groups is 1. The summed E-state index contributed by atoms with van der Waals surface area (Å²) in [5.41, 5.74) is 2.04. The van der Waals surface area contributed by atoms with E-state index in [-0.39, 0.29) is 11.8 Å². The van der Waals surface area contributed by atoms with Crippen molar-refractivity contribution in [2.75, 3.05) is 0 Å². The van der Waals surface area contributed by atoms with E-state index in [1.807, 2.05) is 31.2 Å². The van der Waals surface area contributed by atoms with E-state index >= 15 is 0 Å². The van der Waals surface area contributed by atoms with E-state index in [4.69, 9.17) is 4.52 Å². The lowest BCUT2D eigenvalue weighted by molar-refractivity contribution is -0.122. The minimum Gasteiger partial charge on any atom is -0.347 e. The minimum atomic E-state index is 0.0793. The summed E-state index contributed by atoms with van der Waals surface area (Å²) in [5.74, 6) is 1.27. The smallest absolute Gasteiger partial charge is 0.246 e. The number of nitrogens with one attached hydrogen (secondary N) is 1. The van der Waals surface area contributed by atoms with Crippen LogP contribution in [-0.4, -0.2) is 16.0 Å². The van der Waals surface area contributed by atoms with Gasteiger partial charge in [-0.25, -0.2) is 0 Å². The Labute approximate surface area is 111 Å². The highest BCUT2D eigenvalue weighted by Gasteiger charge is 2.29. The summed E-state index contributed by atoms with van der Waals surface area (Å²) in [7, 11) is 0. The maximum absolute atomic E-state index is 11.5. The Morgan fingerprint density at radius 1 is 1.42 bits per heavy atom. The lowest BCUT2D eigenvalue weighted by atomic mass is 10.1. The van der Waals surface area contributed by atoms with Crippen LogP contribution in [0.15, 0.2) is 28.8 Å². The first-order chi connectivity index (χ1) is 9.24. The summed E-state index contributed by atoms with van der Waals surface area (Å²) in [5, 5.41) is 6.75. The summed E-state index contributed by atoms with van der Waals surface area (Å²) in [4.78, 5) is 15.8. The number of hydrogen-bond donors (Lipinski definition) is 1. The van der Waals surface area contributed by atoms with Crippen LogP contribution < -0.4 is 5.32 Å². The van der Waals surface area contributed by atoms with Gasteiger partial charge >= 0.3 is 0 Å². The zero-order chi connectivity index (χ0) is 13.2. The molecule has 0 atom stereocenters. The molecule has 1 N–H and O–H groups in total. The van der Waals surface area contributed by atoms with E-state index in [0.717, 1.165) is 24.0 Å². The quantitative estimate of drug-likeness (QED) is 0.910. The van der Waals surface area contributed by atoms with Crippen molar-refractivity contribution >= 4 is 5.91 Å². The number of aryl methyl sites for hydroxylation is 1. The molecular formula is C14H15N3O2. The van der Waals surface area contributed by atoms with E-state index in [1.54, 1.807) is 0 Å². The van der Waals surface area contributed by atoms with E-state index in [9.17, 15) is 4.79 Å². The van der Waals surface area contributed by atoms with Crippen molar-refractivity contribution in [1.29, 1.82) is 0 Å². The molecule has 0 spiro atoms. The van der Waals surface area contributed by atoms with Gasteiger partial charge in [0, 0.05) is 11.5 Å². The Balaban J connectivity index is 1.69. The third kappa shape index (κ3) is 2.65. The second-order valence-corrected chi connectivity index (χ2v) is 4.82. The summed E-state index contributed by atoms with van der Waals surface area (Å²) >= 11 is 0. The normalized spacial score (nSPS) is 14.4. The van der Waals surface area contributed by atoms with Gasteiger partial charge in [-0.1, -0.05) is 29.4 Å². The van der Waals surface area contributed by atoms with Crippen LogP contribution in [-0.2, 0) is 11.3 Å². The molecule has 0 saturated heterocycles. The van der Waals surface area contributed by atoms with Crippen LogP contribution in [0.1, 0.15) is 24.3 Å². The standard InChI is InChI=1S/C14H15N3O2/c1-9-4-2-3-5-11(9)13-16-12(19-17-13)8-15-14(18)10-6-7-10/h2-5,10H,6-8H2,1H3,(H,15,18). The highest BCUT2D eigenvalue weighted by atomic mass is 16.5. The molecule has 0 aliphatic heterocycles. The highest BCUT2D eigenvalue weighted by molar-refractivity contribution is 5.80. The number of aromatic nitrogens is 2. The van der Waals surface area contributed by atoms with Crippen molar-refractivity contribution in [3.63, 3.8) is 0 Å². The molecule has 1 saturated carbocycles. The number of hydrogen-bond acceptors (Lipinski definition) is 4.